The molecule has 2 N–H and O–H groups in total. The molecule has 34 heavy (non-hydrogen) atoms. The molecule has 1 aromatic rings. The number of aromatic hydroxyl groups is 1. The molecule has 0 radical (unpaired) electrons. The molecule has 0 saturated heterocycles. The summed E-state index contributed by atoms with van der Waals surface area (Å²) in [5, 5.41) is 7.22. The second-order valence-corrected chi connectivity index (χ2v) is 9.21. The van der Waals surface area contributed by atoms with Crippen molar-refractivity contribution in [2.75, 3.05) is 26.4 Å². The maximum absolute atomic E-state index is 11.6. The summed E-state index contributed by atoms with van der Waals surface area (Å²) in [6.45, 7) is 9.12. The van der Waals surface area contributed by atoms with Crippen molar-refractivity contribution in [3.05, 3.63) is 29.8 Å². The third-order valence-electron chi connectivity index (χ3n) is 5.02. The molecule has 0 spiro atoms. The number of ether oxygens (including phenoxy) is 4. The zero-order valence-electron chi connectivity index (χ0n) is 21.6. The second-order valence-electron chi connectivity index (χ2n) is 7.69. The van der Waals surface area contributed by atoms with Gasteiger partial charge >= 0.3 is 15.2 Å². The largest absolute Gasteiger partial charge is 0.508 e. The Hall–Kier alpha value is -1.23. The van der Waals surface area contributed by atoms with Crippen molar-refractivity contribution in [2.24, 2.45) is 0 Å². The Labute approximate surface area is 206 Å². The number of rotatable bonds is 18. The van der Waals surface area contributed by atoms with Crippen LogP contribution in [0.4, 0.5) is 0 Å². The average Bonchev–Trinajstić information content (AvgIpc) is 2.79. The first-order valence-electron chi connectivity index (χ1n) is 12.5. The molecule has 0 aliphatic carbocycles. The molecule has 0 atom stereocenters. The Morgan fingerprint density at radius 2 is 1.29 bits per heavy atom. The van der Waals surface area contributed by atoms with Crippen LogP contribution < -0.4 is 0 Å². The summed E-state index contributed by atoms with van der Waals surface area (Å²) >= 11 is 0. The molecule has 1 aromatic carbocycles. The van der Waals surface area contributed by atoms with Gasteiger partial charge in [0, 0.05) is 26.4 Å². The Morgan fingerprint density at radius 3 is 1.74 bits per heavy atom. The molecular formula is C25H46O8S. The van der Waals surface area contributed by atoms with Crippen LogP contribution in [0.1, 0.15) is 85.1 Å². The number of para-hydroxylation sites is 1. The standard InChI is InChI=1S/C15H24O.C10H22O7S/c1-2-3-4-5-6-7-8-11-14-12-9-10-13-15(14)16;1-5-14-9(15-6-2)10(16-7-3,17-8-4)18(11,12)13/h9-10,12-13,16H,2-8,11H2,1H3;9H,5-8H2,1-4H3,(H,11,12,13). The first-order valence-corrected chi connectivity index (χ1v) is 13.9. The molecule has 0 aliphatic rings. The van der Waals surface area contributed by atoms with Gasteiger partial charge in [-0.1, -0.05) is 63.6 Å². The number of unbranched alkanes of at least 4 members (excludes halogenated alkanes) is 6. The molecule has 0 amide bonds. The summed E-state index contributed by atoms with van der Waals surface area (Å²) < 4.78 is 53.0. The number of benzene rings is 1. The molecule has 9 heteroatoms. The lowest BCUT2D eigenvalue weighted by atomic mass is 10.0. The van der Waals surface area contributed by atoms with Crippen LogP contribution in [0.2, 0.25) is 0 Å². The quantitative estimate of drug-likeness (QED) is 0.148. The number of hydrogen-bond acceptors (Lipinski definition) is 7. The predicted molar refractivity (Wildman–Crippen MR) is 134 cm³/mol. The molecule has 8 nitrogen and oxygen atoms in total. The monoisotopic (exact) mass is 506 g/mol. The lowest BCUT2D eigenvalue weighted by molar-refractivity contribution is -0.308. The Morgan fingerprint density at radius 1 is 0.794 bits per heavy atom. The summed E-state index contributed by atoms with van der Waals surface area (Å²) in [6, 6.07) is 7.67. The van der Waals surface area contributed by atoms with Crippen LogP contribution in [0.15, 0.2) is 24.3 Å². The van der Waals surface area contributed by atoms with Crippen molar-refractivity contribution in [3.63, 3.8) is 0 Å². The number of phenols is 1. The lowest BCUT2D eigenvalue weighted by Crippen LogP contribution is -2.56. The maximum Gasteiger partial charge on any atom is 0.352 e. The van der Waals surface area contributed by atoms with Crippen molar-refractivity contribution < 1.29 is 37.0 Å². The van der Waals surface area contributed by atoms with E-state index in [4.69, 9.17) is 18.9 Å². The molecule has 0 bridgehead atoms. The van der Waals surface area contributed by atoms with E-state index < -0.39 is 21.5 Å². The fourth-order valence-corrected chi connectivity index (χ4v) is 4.31. The van der Waals surface area contributed by atoms with E-state index >= 15 is 0 Å². The van der Waals surface area contributed by atoms with Crippen molar-refractivity contribution >= 4 is 10.1 Å². The molecule has 0 heterocycles. The van der Waals surface area contributed by atoms with Gasteiger partial charge in [0.1, 0.15) is 5.75 Å². The van der Waals surface area contributed by atoms with Crippen molar-refractivity contribution in [1.29, 1.82) is 0 Å². The molecule has 200 valence electrons. The van der Waals surface area contributed by atoms with E-state index in [-0.39, 0.29) is 26.4 Å². The van der Waals surface area contributed by atoms with Gasteiger partial charge in [0.25, 0.3) is 0 Å². The third kappa shape index (κ3) is 12.0. The van der Waals surface area contributed by atoms with E-state index in [9.17, 15) is 18.1 Å². The normalized spacial score (nSPS) is 12.0. The minimum absolute atomic E-state index is 0.0104. The fourth-order valence-electron chi connectivity index (χ4n) is 3.40. The molecule has 1 rings (SSSR count). The summed E-state index contributed by atoms with van der Waals surface area (Å²) in [4.78, 5) is 0. The first kappa shape index (κ1) is 32.8. The summed E-state index contributed by atoms with van der Waals surface area (Å²) in [7, 11) is -4.69. The predicted octanol–water partition coefficient (Wildman–Crippen LogP) is 5.69. The highest BCUT2D eigenvalue weighted by Crippen LogP contribution is 2.28. The highest BCUT2D eigenvalue weighted by molar-refractivity contribution is 7.87. The third-order valence-corrected chi connectivity index (χ3v) is 6.16. The van der Waals surface area contributed by atoms with Gasteiger partial charge in [-0.3, -0.25) is 4.55 Å². The molecular weight excluding hydrogens is 460 g/mol. The van der Waals surface area contributed by atoms with Gasteiger partial charge in [-0.05, 0) is 52.2 Å². The van der Waals surface area contributed by atoms with Crippen LogP contribution in [0.3, 0.4) is 0 Å². The summed E-state index contributed by atoms with van der Waals surface area (Å²) in [5.74, 6) is 0.452. The Kier molecular flexibility index (Phi) is 18.3. The van der Waals surface area contributed by atoms with Crippen LogP contribution >= 0.6 is 0 Å². The van der Waals surface area contributed by atoms with Crippen molar-refractivity contribution in [1.82, 2.24) is 0 Å². The van der Waals surface area contributed by atoms with E-state index in [0.29, 0.717) is 5.75 Å². The Balaban J connectivity index is 0.000000644. The van der Waals surface area contributed by atoms with Gasteiger partial charge in [-0.25, -0.2) is 0 Å². The van der Waals surface area contributed by atoms with E-state index in [0.717, 1.165) is 12.0 Å². The van der Waals surface area contributed by atoms with E-state index in [1.807, 2.05) is 18.2 Å². The molecule has 0 aromatic heterocycles. The molecule has 0 fully saturated rings. The highest BCUT2D eigenvalue weighted by Gasteiger charge is 2.54. The van der Waals surface area contributed by atoms with E-state index in [1.54, 1.807) is 33.8 Å². The second kappa shape index (κ2) is 19.0. The molecule has 0 aliphatic heterocycles. The summed E-state index contributed by atoms with van der Waals surface area (Å²) in [6.07, 6.45) is 8.93. The molecule has 0 saturated carbocycles. The fraction of sp³-hybridized carbons (Fsp3) is 0.760. The summed E-state index contributed by atoms with van der Waals surface area (Å²) in [5.41, 5.74) is 1.09. The highest BCUT2D eigenvalue weighted by atomic mass is 32.2. The zero-order chi connectivity index (χ0) is 25.9. The van der Waals surface area contributed by atoms with Gasteiger partial charge < -0.3 is 24.1 Å². The minimum Gasteiger partial charge on any atom is -0.508 e. The van der Waals surface area contributed by atoms with Gasteiger partial charge in [0.15, 0.2) is 0 Å². The van der Waals surface area contributed by atoms with Crippen LogP contribution in [0.25, 0.3) is 0 Å². The van der Waals surface area contributed by atoms with Crippen LogP contribution in [0.5, 0.6) is 5.75 Å². The number of aryl methyl sites for hydroxylation is 1. The maximum atomic E-state index is 11.6. The van der Waals surface area contributed by atoms with Crippen LogP contribution in [-0.4, -0.2) is 55.9 Å². The van der Waals surface area contributed by atoms with Gasteiger partial charge in [0.2, 0.25) is 6.29 Å². The van der Waals surface area contributed by atoms with Crippen molar-refractivity contribution in [2.45, 2.75) is 97.4 Å². The number of phenolic OH excluding ortho intramolecular Hbond substituents is 1. The van der Waals surface area contributed by atoms with E-state index in [1.165, 1.54) is 44.9 Å². The topological polar surface area (TPSA) is 112 Å². The Bertz CT molecular complexity index is 711. The van der Waals surface area contributed by atoms with Gasteiger partial charge in [-0.2, -0.15) is 8.42 Å². The smallest absolute Gasteiger partial charge is 0.352 e. The molecule has 0 unspecified atom stereocenters. The number of hydrogen-bond donors (Lipinski definition) is 2. The minimum atomic E-state index is -4.69. The van der Waals surface area contributed by atoms with Crippen molar-refractivity contribution in [3.8, 4) is 5.75 Å². The SMILES string of the molecule is CCCCCCCCCc1ccccc1O.CCOC(OCC)C(OCC)(OCC)S(=O)(=O)O. The average molecular weight is 507 g/mol. The first-order chi connectivity index (χ1) is 16.2. The lowest BCUT2D eigenvalue weighted by Gasteiger charge is -2.35. The van der Waals surface area contributed by atoms with E-state index in [2.05, 4.69) is 6.92 Å². The van der Waals surface area contributed by atoms with Crippen LogP contribution in [0, 0.1) is 0 Å². The van der Waals surface area contributed by atoms with Crippen LogP contribution in [-0.2, 0) is 35.5 Å². The van der Waals surface area contributed by atoms with Gasteiger partial charge in [0.05, 0.1) is 0 Å². The van der Waals surface area contributed by atoms with Gasteiger partial charge in [-0.15, -0.1) is 0 Å². The zero-order valence-corrected chi connectivity index (χ0v) is 22.4.